The van der Waals surface area contributed by atoms with E-state index in [1.807, 2.05) is 19.1 Å². The van der Waals surface area contributed by atoms with Gasteiger partial charge in [0.25, 0.3) is 0 Å². The molecule has 1 aromatic rings. The van der Waals surface area contributed by atoms with Gasteiger partial charge in [0.15, 0.2) is 20.2 Å². The van der Waals surface area contributed by atoms with Crippen LogP contribution in [0.1, 0.15) is 5.76 Å². The van der Waals surface area contributed by atoms with Crippen LogP contribution in [-0.4, -0.2) is 37.0 Å². The maximum absolute atomic E-state index is 10.7. The first-order valence-electron chi connectivity index (χ1n) is 4.44. The van der Waals surface area contributed by atoms with Crippen LogP contribution in [0.25, 0.3) is 0 Å². The fourth-order valence-corrected chi connectivity index (χ4v) is 0.361. The summed E-state index contributed by atoms with van der Waals surface area (Å²) in [6, 6.07) is 3.79. The summed E-state index contributed by atoms with van der Waals surface area (Å²) in [6.07, 6.45) is 1.66. The van der Waals surface area contributed by atoms with Crippen molar-refractivity contribution in [1.82, 2.24) is 30.8 Å². The molecule has 0 fully saturated rings. The molecule has 21 heteroatoms. The van der Waals surface area contributed by atoms with Gasteiger partial charge in [0, 0.05) is 0 Å². The third-order valence-corrected chi connectivity index (χ3v) is 2.36. The van der Waals surface area contributed by atoms with Crippen molar-refractivity contribution in [1.29, 1.82) is 0 Å². The maximum Gasteiger partial charge on any atom is 2.00 e. The summed E-state index contributed by atoms with van der Waals surface area (Å²) in [6.45, 7) is 1.92. The van der Waals surface area contributed by atoms with Crippen LogP contribution in [0.4, 0.5) is 26.3 Å². The van der Waals surface area contributed by atoms with E-state index in [1.54, 1.807) is 6.26 Å². The van der Waals surface area contributed by atoms with Gasteiger partial charge in [-0.2, -0.15) is 26.3 Å². The summed E-state index contributed by atoms with van der Waals surface area (Å²) in [5.74, 6) is 0.968. The monoisotopic (exact) mass is 657 g/mol. The first-order chi connectivity index (χ1) is 9.39. The third-order valence-electron chi connectivity index (χ3n) is 1.23. The number of rotatable bonds is 0. The van der Waals surface area contributed by atoms with Crippen LogP contribution in [0, 0.1) is 6.92 Å². The minimum absolute atomic E-state index is 0. The molecule has 1 heterocycles. The minimum atomic E-state index is -6.09. The SMILES string of the molecule is Cc1ccco1.N.N.N.N.N.O=S(=O)([O-])C(F)(F)F.O=S(=O)([O-])C(F)(F)F.[Os+2]. The number of halogens is 6. The molecular formula is C7H21F6N5O7OsS2. The van der Waals surface area contributed by atoms with Crippen molar-refractivity contribution < 1.29 is 76.5 Å². The van der Waals surface area contributed by atoms with Crippen LogP contribution in [0.2, 0.25) is 0 Å². The smallest absolute Gasteiger partial charge is 0.741 e. The molecule has 0 unspecified atom stereocenters. The molecule has 0 saturated heterocycles. The molecule has 0 aromatic carbocycles. The predicted molar refractivity (Wildman–Crippen MR) is 80.1 cm³/mol. The molecule has 28 heavy (non-hydrogen) atoms. The van der Waals surface area contributed by atoms with E-state index >= 15 is 0 Å². The second kappa shape index (κ2) is 18.2. The van der Waals surface area contributed by atoms with E-state index in [9.17, 15) is 26.3 Å². The average Bonchev–Trinajstić information content (AvgIpc) is 2.64. The van der Waals surface area contributed by atoms with Gasteiger partial charge in [0.1, 0.15) is 5.76 Å². The molecule has 12 nitrogen and oxygen atoms in total. The van der Waals surface area contributed by atoms with Gasteiger partial charge in [-0.1, -0.05) is 0 Å². The van der Waals surface area contributed by atoms with Gasteiger partial charge in [-0.3, -0.25) is 0 Å². The van der Waals surface area contributed by atoms with Crippen molar-refractivity contribution >= 4 is 20.2 Å². The Morgan fingerprint density at radius 2 is 1.00 bits per heavy atom. The Kier molecular flexibility index (Phi) is 32.8. The molecule has 15 N–H and O–H groups in total. The number of hydrogen-bond donors (Lipinski definition) is 5. The summed E-state index contributed by atoms with van der Waals surface area (Å²) in [4.78, 5) is 0. The molecule has 0 amide bonds. The van der Waals surface area contributed by atoms with Crippen molar-refractivity contribution in [3.63, 3.8) is 0 Å². The molecular weight excluding hydrogens is 634 g/mol. The summed E-state index contributed by atoms with van der Waals surface area (Å²) in [5.41, 5.74) is -11.3. The van der Waals surface area contributed by atoms with Gasteiger partial charge >= 0.3 is 30.8 Å². The predicted octanol–water partition coefficient (Wildman–Crippen LogP) is 2.50. The molecule has 178 valence electrons. The summed E-state index contributed by atoms with van der Waals surface area (Å²) >= 11 is 0. The maximum atomic E-state index is 10.7. The van der Waals surface area contributed by atoms with Crippen LogP contribution in [-0.2, 0) is 40.0 Å². The number of alkyl halides is 6. The minimum Gasteiger partial charge on any atom is -0.741 e. The Labute approximate surface area is 169 Å². The first-order valence-corrected chi connectivity index (χ1v) is 7.25. The molecule has 0 radical (unpaired) electrons. The molecule has 0 spiro atoms. The summed E-state index contributed by atoms with van der Waals surface area (Å²) in [5, 5.41) is 0. The molecule has 0 aliphatic heterocycles. The van der Waals surface area contributed by atoms with Gasteiger partial charge in [0.05, 0.1) is 6.26 Å². The number of aryl methyl sites for hydroxylation is 1. The Hall–Kier alpha value is -0.884. The zero-order valence-corrected chi connectivity index (χ0v) is 18.2. The van der Waals surface area contributed by atoms with E-state index in [0.29, 0.717) is 0 Å². The molecule has 0 aliphatic carbocycles. The molecule has 0 bridgehead atoms. The topological polar surface area (TPSA) is 303 Å². The third kappa shape index (κ3) is 25.1. The quantitative estimate of drug-likeness (QED) is 0.153. The van der Waals surface area contributed by atoms with Crippen molar-refractivity contribution in [2.45, 2.75) is 17.9 Å². The van der Waals surface area contributed by atoms with E-state index in [0.717, 1.165) is 5.76 Å². The Balaban J connectivity index is -0.0000000324. The normalized spacial score (nSPS) is 9.89. The second-order valence-corrected chi connectivity index (χ2v) is 5.77. The van der Waals surface area contributed by atoms with E-state index in [1.165, 1.54) is 0 Å². The van der Waals surface area contributed by atoms with Gasteiger partial charge in [-0.05, 0) is 19.1 Å². The van der Waals surface area contributed by atoms with Crippen molar-refractivity contribution in [2.24, 2.45) is 0 Å². The van der Waals surface area contributed by atoms with E-state index < -0.39 is 31.3 Å². The Morgan fingerprint density at radius 1 is 0.786 bits per heavy atom. The Morgan fingerprint density at radius 3 is 1.04 bits per heavy atom. The van der Waals surface area contributed by atoms with Gasteiger partial charge < -0.3 is 44.3 Å². The standard InChI is InChI=1S/C5H6O.2CHF3O3S.5H3N.Os/c1-5-3-2-4-6-5;2*2-1(3,4)8(5,6)7;;;;;;/h2-4H,1H3;2*(H,5,6,7);5*1H3;/q;;;;;;;;+2/p-2. The van der Waals surface area contributed by atoms with Crippen LogP contribution < -0.4 is 30.8 Å². The van der Waals surface area contributed by atoms with E-state index in [-0.39, 0.29) is 50.5 Å². The largest absolute Gasteiger partial charge is 2.00 e. The number of furan rings is 1. The van der Waals surface area contributed by atoms with Crippen LogP contribution in [0.5, 0.6) is 0 Å². The summed E-state index contributed by atoms with van der Waals surface area (Å²) < 4.78 is 123. The van der Waals surface area contributed by atoms with Gasteiger partial charge in [0.2, 0.25) is 0 Å². The average molecular weight is 656 g/mol. The van der Waals surface area contributed by atoms with Crippen molar-refractivity contribution in [2.75, 3.05) is 0 Å². The molecule has 0 atom stereocenters. The van der Waals surface area contributed by atoms with Crippen molar-refractivity contribution in [3.05, 3.63) is 24.2 Å². The van der Waals surface area contributed by atoms with Gasteiger partial charge in [-0.25, -0.2) is 16.8 Å². The van der Waals surface area contributed by atoms with Crippen LogP contribution in [0.3, 0.4) is 0 Å². The fourth-order valence-electron chi connectivity index (χ4n) is 0.361. The molecule has 0 saturated carbocycles. The van der Waals surface area contributed by atoms with E-state index in [4.69, 9.17) is 30.4 Å². The van der Waals surface area contributed by atoms with Crippen LogP contribution in [0.15, 0.2) is 22.8 Å². The summed E-state index contributed by atoms with van der Waals surface area (Å²) in [7, 11) is -12.2. The first kappa shape index (κ1) is 50.6. The number of hydrogen-bond acceptors (Lipinski definition) is 12. The molecule has 0 aliphatic rings. The zero-order chi connectivity index (χ0) is 18.4. The molecule has 1 rings (SSSR count). The second-order valence-electron chi connectivity index (χ2n) is 3.02. The van der Waals surface area contributed by atoms with Crippen molar-refractivity contribution in [3.8, 4) is 0 Å². The van der Waals surface area contributed by atoms with E-state index in [2.05, 4.69) is 0 Å². The van der Waals surface area contributed by atoms with Crippen LogP contribution >= 0.6 is 0 Å². The molecule has 1 aromatic heterocycles. The van der Waals surface area contributed by atoms with Gasteiger partial charge in [-0.15, -0.1) is 0 Å². The Bertz CT molecular complexity index is 609. The fraction of sp³-hybridized carbons (Fsp3) is 0.429. The zero-order valence-electron chi connectivity index (χ0n) is 14.1.